The molecule has 1 aliphatic carbocycles. The van der Waals surface area contributed by atoms with Crippen LogP contribution in [0.15, 0.2) is 77.7 Å². The monoisotopic (exact) mass is 572 g/mol. The van der Waals surface area contributed by atoms with Crippen LogP contribution in [0.25, 0.3) is 0 Å². The van der Waals surface area contributed by atoms with Gasteiger partial charge in [-0.15, -0.1) is 0 Å². The van der Waals surface area contributed by atoms with Crippen LogP contribution in [0, 0.1) is 5.82 Å². The molecule has 0 radical (unpaired) electrons. The van der Waals surface area contributed by atoms with Gasteiger partial charge in [-0.3, -0.25) is 9.21 Å². The molecule has 3 aromatic rings. The number of rotatable bonds is 7. The molecule has 5 rings (SSSR count). The molecule has 2 fully saturated rings. The van der Waals surface area contributed by atoms with Gasteiger partial charge in [-0.05, 0) is 91.9 Å². The van der Waals surface area contributed by atoms with E-state index in [9.17, 15) is 17.9 Å². The number of likely N-dealkylation sites (tertiary alicyclic amines) is 1. The number of anilines is 1. The van der Waals surface area contributed by atoms with Crippen LogP contribution in [0.2, 0.25) is 5.02 Å². The zero-order valence-corrected chi connectivity index (χ0v) is 23.5. The molecular formula is C30H34ClFN2O4S. The van der Waals surface area contributed by atoms with Gasteiger partial charge in [0, 0.05) is 30.2 Å². The molecular weight excluding hydrogens is 539 g/mol. The third kappa shape index (κ3) is 5.66. The minimum atomic E-state index is -3.93. The van der Waals surface area contributed by atoms with E-state index in [2.05, 4.69) is 4.90 Å². The van der Waals surface area contributed by atoms with Crippen LogP contribution in [0.4, 0.5) is 10.1 Å². The highest BCUT2D eigenvalue weighted by atomic mass is 35.5. The molecule has 0 aromatic heterocycles. The number of methoxy groups -OCH3 is 1. The summed E-state index contributed by atoms with van der Waals surface area (Å²) in [5.41, 5.74) is 0.316. The van der Waals surface area contributed by atoms with E-state index in [1.807, 2.05) is 24.3 Å². The van der Waals surface area contributed by atoms with Gasteiger partial charge >= 0.3 is 0 Å². The highest BCUT2D eigenvalue weighted by Crippen LogP contribution is 2.42. The fourth-order valence-electron chi connectivity index (χ4n) is 6.12. The molecule has 9 heteroatoms. The molecule has 0 spiro atoms. The third-order valence-corrected chi connectivity index (χ3v) is 10.3. The second-order valence-corrected chi connectivity index (χ2v) is 12.7. The predicted molar refractivity (Wildman–Crippen MR) is 151 cm³/mol. The molecule has 1 aliphatic heterocycles. The Morgan fingerprint density at radius 2 is 1.59 bits per heavy atom. The second-order valence-electron chi connectivity index (χ2n) is 10.4. The van der Waals surface area contributed by atoms with Crippen LogP contribution in [0.1, 0.15) is 44.1 Å². The topological polar surface area (TPSA) is 70.1 Å². The van der Waals surface area contributed by atoms with Gasteiger partial charge in [0.15, 0.2) is 0 Å². The van der Waals surface area contributed by atoms with Crippen molar-refractivity contribution in [3.8, 4) is 5.75 Å². The van der Waals surface area contributed by atoms with Crippen LogP contribution in [0.5, 0.6) is 5.75 Å². The van der Waals surface area contributed by atoms with E-state index in [1.165, 1.54) is 47.8 Å². The van der Waals surface area contributed by atoms with Gasteiger partial charge in [0.1, 0.15) is 17.2 Å². The molecule has 2 unspecified atom stereocenters. The van der Waals surface area contributed by atoms with Crippen molar-refractivity contribution in [2.75, 3.05) is 24.5 Å². The Kier molecular flexibility index (Phi) is 8.19. The maximum absolute atomic E-state index is 13.9. The fourth-order valence-corrected chi connectivity index (χ4v) is 7.96. The predicted octanol–water partition coefficient (Wildman–Crippen LogP) is 5.98. The Hall–Kier alpha value is -2.65. The average Bonchev–Trinajstić information content (AvgIpc) is 2.95. The van der Waals surface area contributed by atoms with Crippen LogP contribution in [-0.2, 0) is 15.6 Å². The number of nitrogens with zero attached hydrogens (tertiary/aromatic N) is 2. The molecule has 1 N–H and O–H groups in total. The van der Waals surface area contributed by atoms with Crippen molar-refractivity contribution in [3.05, 3.63) is 89.2 Å². The lowest BCUT2D eigenvalue weighted by atomic mass is 9.74. The van der Waals surface area contributed by atoms with E-state index in [-0.39, 0.29) is 17.0 Å². The van der Waals surface area contributed by atoms with E-state index in [0.29, 0.717) is 48.8 Å². The Bertz CT molecular complexity index is 1360. The van der Waals surface area contributed by atoms with Crippen LogP contribution in [0.3, 0.4) is 0 Å². The van der Waals surface area contributed by atoms with Crippen LogP contribution >= 0.6 is 11.6 Å². The zero-order chi connectivity index (χ0) is 27.6. The Balaban J connectivity index is 1.40. The number of ether oxygens (including phenoxy) is 1. The normalized spacial score (nSPS) is 22.9. The van der Waals surface area contributed by atoms with Crippen LogP contribution < -0.4 is 9.04 Å². The summed E-state index contributed by atoms with van der Waals surface area (Å²) in [6.07, 6.45) is 4.70. The van der Waals surface area contributed by atoms with E-state index in [1.54, 1.807) is 12.1 Å². The Labute approximate surface area is 235 Å². The zero-order valence-electron chi connectivity index (χ0n) is 22.0. The van der Waals surface area contributed by atoms with Gasteiger partial charge in [-0.1, -0.05) is 36.6 Å². The Morgan fingerprint density at radius 3 is 2.21 bits per heavy atom. The lowest BCUT2D eigenvalue weighted by Crippen LogP contribution is -2.57. The molecule has 0 amide bonds. The first-order chi connectivity index (χ1) is 18.7. The van der Waals surface area contributed by atoms with Gasteiger partial charge in [0.2, 0.25) is 0 Å². The first kappa shape index (κ1) is 27.9. The van der Waals surface area contributed by atoms with E-state index in [0.717, 1.165) is 24.8 Å². The summed E-state index contributed by atoms with van der Waals surface area (Å²) in [6.45, 7) is 1.28. The summed E-state index contributed by atoms with van der Waals surface area (Å²) < 4.78 is 48.3. The maximum Gasteiger partial charge on any atom is 0.264 e. The summed E-state index contributed by atoms with van der Waals surface area (Å²) in [5.74, 6) is 0.144. The van der Waals surface area contributed by atoms with Gasteiger partial charge in [0.05, 0.1) is 17.7 Å². The summed E-state index contributed by atoms with van der Waals surface area (Å²) >= 11 is 6.11. The van der Waals surface area contributed by atoms with Crippen LogP contribution in [-0.4, -0.2) is 50.7 Å². The maximum atomic E-state index is 13.9. The van der Waals surface area contributed by atoms with E-state index in [4.69, 9.17) is 16.3 Å². The molecule has 2 atom stereocenters. The van der Waals surface area contributed by atoms with Crippen molar-refractivity contribution >= 4 is 27.3 Å². The largest absolute Gasteiger partial charge is 0.497 e. The highest BCUT2D eigenvalue weighted by Gasteiger charge is 2.45. The van der Waals surface area contributed by atoms with Crippen molar-refractivity contribution < 1.29 is 22.7 Å². The molecule has 39 heavy (non-hydrogen) atoms. The number of halogens is 2. The van der Waals surface area contributed by atoms with Gasteiger partial charge < -0.3 is 9.84 Å². The smallest absolute Gasteiger partial charge is 0.264 e. The number of sulfonamides is 1. The van der Waals surface area contributed by atoms with Crippen molar-refractivity contribution in [1.29, 1.82) is 0 Å². The number of hydrogen-bond donors (Lipinski definition) is 1. The standard InChI is InChI=1S/C30H34ClFN2O4S/c1-38-27-13-15-28(16-14-27)39(36,37)34(25-11-9-24(32)10-12-25)26-17-20-33(21-18-26)29-4-2-3-19-30(29,35)22-5-7-23(31)8-6-22/h5-16,26,29,35H,2-4,17-21H2,1H3. The number of hydrogen-bond acceptors (Lipinski definition) is 5. The molecule has 6 nitrogen and oxygen atoms in total. The molecule has 208 valence electrons. The van der Waals surface area contributed by atoms with Gasteiger partial charge in [0.25, 0.3) is 10.0 Å². The van der Waals surface area contributed by atoms with Crippen molar-refractivity contribution in [3.63, 3.8) is 0 Å². The van der Waals surface area contributed by atoms with Crippen molar-refractivity contribution in [1.82, 2.24) is 4.90 Å². The summed E-state index contributed by atoms with van der Waals surface area (Å²) in [6, 6.07) is 19.0. The molecule has 0 bridgehead atoms. The third-order valence-electron chi connectivity index (χ3n) is 8.15. The quantitative estimate of drug-likeness (QED) is 0.377. The number of aliphatic hydroxyl groups is 1. The second kappa shape index (κ2) is 11.5. The lowest BCUT2D eigenvalue weighted by Gasteiger charge is -2.49. The molecule has 3 aromatic carbocycles. The molecule has 1 heterocycles. The molecule has 1 saturated heterocycles. The SMILES string of the molecule is COc1ccc(S(=O)(=O)N(c2ccc(F)cc2)C2CCN(C3CCCCC3(O)c3ccc(Cl)cc3)CC2)cc1. The first-order valence-electron chi connectivity index (χ1n) is 13.4. The van der Waals surface area contributed by atoms with Crippen molar-refractivity contribution in [2.45, 2.75) is 61.1 Å². The first-order valence-corrected chi connectivity index (χ1v) is 15.2. The molecule has 1 saturated carbocycles. The highest BCUT2D eigenvalue weighted by molar-refractivity contribution is 7.92. The lowest BCUT2D eigenvalue weighted by molar-refractivity contribution is -0.0849. The summed E-state index contributed by atoms with van der Waals surface area (Å²) in [4.78, 5) is 2.46. The minimum absolute atomic E-state index is 0.0640. The van der Waals surface area contributed by atoms with Gasteiger partial charge in [-0.2, -0.15) is 0 Å². The number of piperidine rings is 1. The fraction of sp³-hybridized carbons (Fsp3) is 0.400. The summed E-state index contributed by atoms with van der Waals surface area (Å²) in [5, 5.41) is 12.5. The van der Waals surface area contributed by atoms with E-state index < -0.39 is 21.4 Å². The average molecular weight is 573 g/mol. The minimum Gasteiger partial charge on any atom is -0.497 e. The van der Waals surface area contributed by atoms with E-state index >= 15 is 0 Å². The Morgan fingerprint density at radius 1 is 0.949 bits per heavy atom. The number of benzene rings is 3. The summed E-state index contributed by atoms with van der Waals surface area (Å²) in [7, 11) is -2.40. The van der Waals surface area contributed by atoms with Crippen molar-refractivity contribution in [2.24, 2.45) is 0 Å². The molecule has 2 aliphatic rings. The van der Waals surface area contributed by atoms with Gasteiger partial charge in [-0.25, -0.2) is 12.8 Å².